The average Bonchev–Trinajstić information content (AvgIpc) is 2.65. The van der Waals surface area contributed by atoms with Crippen LogP contribution >= 0.6 is 0 Å². The van der Waals surface area contributed by atoms with E-state index in [4.69, 9.17) is 9.47 Å². The lowest BCUT2D eigenvalue weighted by atomic mass is 10.0. The number of methoxy groups -OCH3 is 1. The van der Waals surface area contributed by atoms with Crippen LogP contribution in [-0.2, 0) is 4.74 Å². The van der Waals surface area contributed by atoms with Crippen molar-refractivity contribution in [3.05, 3.63) is 29.8 Å². The Morgan fingerprint density at radius 1 is 1.16 bits per heavy atom. The summed E-state index contributed by atoms with van der Waals surface area (Å²) in [6.07, 6.45) is 0. The summed E-state index contributed by atoms with van der Waals surface area (Å²) >= 11 is 0. The summed E-state index contributed by atoms with van der Waals surface area (Å²) in [6, 6.07) is 8.60. The molecule has 0 radical (unpaired) electrons. The zero-order valence-electron chi connectivity index (χ0n) is 15.9. The van der Waals surface area contributed by atoms with Crippen LogP contribution in [0.5, 0.6) is 5.75 Å². The lowest BCUT2D eigenvalue weighted by molar-refractivity contribution is 0.0170. The van der Waals surface area contributed by atoms with E-state index in [0.29, 0.717) is 5.92 Å². The number of guanidine groups is 1. The fraction of sp³-hybridized carbons (Fsp3) is 0.632. The summed E-state index contributed by atoms with van der Waals surface area (Å²) in [5.41, 5.74) is 1.27. The van der Waals surface area contributed by atoms with Gasteiger partial charge in [0.2, 0.25) is 0 Å². The van der Waals surface area contributed by atoms with Crippen LogP contribution in [0.3, 0.4) is 0 Å². The first-order valence-electron chi connectivity index (χ1n) is 9.04. The summed E-state index contributed by atoms with van der Waals surface area (Å²) in [5.74, 6) is 2.31. The third-order valence-electron chi connectivity index (χ3n) is 4.35. The number of benzene rings is 1. The van der Waals surface area contributed by atoms with Crippen molar-refractivity contribution in [2.75, 3.05) is 53.6 Å². The van der Waals surface area contributed by atoms with Gasteiger partial charge >= 0.3 is 0 Å². The first-order valence-corrected chi connectivity index (χ1v) is 9.04. The molecule has 1 aromatic carbocycles. The standard InChI is InChI=1S/C19H32N4O2/c1-15(2)13-21-19(20-3)22-14-18(23-9-11-25-12-10-23)16-5-7-17(24-4)8-6-16/h5-8,15,18H,9-14H2,1-4H3,(H2,20,21,22). The zero-order chi connectivity index (χ0) is 18.1. The van der Waals surface area contributed by atoms with Gasteiger partial charge in [-0.05, 0) is 23.6 Å². The Labute approximate surface area is 151 Å². The molecule has 2 N–H and O–H groups in total. The molecule has 6 nitrogen and oxygen atoms in total. The highest BCUT2D eigenvalue weighted by atomic mass is 16.5. The third-order valence-corrected chi connectivity index (χ3v) is 4.35. The smallest absolute Gasteiger partial charge is 0.191 e. The molecule has 1 fully saturated rings. The molecule has 0 amide bonds. The van der Waals surface area contributed by atoms with Gasteiger partial charge in [0.05, 0.1) is 26.4 Å². The van der Waals surface area contributed by atoms with E-state index in [0.717, 1.165) is 51.1 Å². The summed E-state index contributed by atoms with van der Waals surface area (Å²) in [5, 5.41) is 6.85. The molecule has 0 saturated carbocycles. The van der Waals surface area contributed by atoms with Crippen molar-refractivity contribution in [3.8, 4) is 5.75 Å². The molecular formula is C19H32N4O2. The maximum Gasteiger partial charge on any atom is 0.191 e. The fourth-order valence-electron chi connectivity index (χ4n) is 2.89. The van der Waals surface area contributed by atoms with Crippen molar-refractivity contribution in [1.82, 2.24) is 15.5 Å². The molecule has 1 atom stereocenters. The number of hydrogen-bond acceptors (Lipinski definition) is 4. The van der Waals surface area contributed by atoms with Crippen molar-refractivity contribution in [3.63, 3.8) is 0 Å². The fourth-order valence-corrected chi connectivity index (χ4v) is 2.89. The first kappa shape index (κ1) is 19.5. The molecule has 0 bridgehead atoms. The molecule has 0 spiro atoms. The normalized spacial score (nSPS) is 17.4. The topological polar surface area (TPSA) is 58.1 Å². The molecule has 0 aliphatic carbocycles. The van der Waals surface area contributed by atoms with Crippen molar-refractivity contribution < 1.29 is 9.47 Å². The quantitative estimate of drug-likeness (QED) is 0.582. The molecule has 140 valence electrons. The number of hydrogen-bond donors (Lipinski definition) is 2. The van der Waals surface area contributed by atoms with Crippen LogP contribution in [-0.4, -0.2) is 64.4 Å². The summed E-state index contributed by atoms with van der Waals surface area (Å²) < 4.78 is 10.8. The van der Waals surface area contributed by atoms with Gasteiger partial charge < -0.3 is 20.1 Å². The maximum atomic E-state index is 5.52. The molecule has 1 aromatic rings. The van der Waals surface area contributed by atoms with Gasteiger partial charge in [-0.2, -0.15) is 0 Å². The number of nitrogens with zero attached hydrogens (tertiary/aromatic N) is 2. The molecule has 1 unspecified atom stereocenters. The van der Waals surface area contributed by atoms with Crippen LogP contribution in [0, 0.1) is 5.92 Å². The minimum Gasteiger partial charge on any atom is -0.497 e. The van der Waals surface area contributed by atoms with Gasteiger partial charge in [-0.1, -0.05) is 26.0 Å². The second-order valence-corrected chi connectivity index (χ2v) is 6.67. The van der Waals surface area contributed by atoms with E-state index in [1.54, 1.807) is 7.11 Å². The molecule has 1 aliphatic rings. The lowest BCUT2D eigenvalue weighted by Gasteiger charge is -2.35. The van der Waals surface area contributed by atoms with Crippen molar-refractivity contribution in [2.24, 2.45) is 10.9 Å². The number of rotatable bonds is 7. The van der Waals surface area contributed by atoms with E-state index in [2.05, 4.69) is 46.5 Å². The van der Waals surface area contributed by atoms with Crippen LogP contribution in [0.25, 0.3) is 0 Å². The van der Waals surface area contributed by atoms with Crippen LogP contribution in [0.1, 0.15) is 25.5 Å². The summed E-state index contributed by atoms with van der Waals surface area (Å²) in [7, 11) is 3.51. The molecule has 6 heteroatoms. The SMILES string of the molecule is CN=C(NCC(C)C)NCC(c1ccc(OC)cc1)N1CCOCC1. The van der Waals surface area contributed by atoms with Gasteiger partial charge in [0.1, 0.15) is 5.75 Å². The van der Waals surface area contributed by atoms with E-state index < -0.39 is 0 Å². The number of morpholine rings is 1. The zero-order valence-corrected chi connectivity index (χ0v) is 15.9. The van der Waals surface area contributed by atoms with Gasteiger partial charge in [-0.15, -0.1) is 0 Å². The van der Waals surface area contributed by atoms with Crippen molar-refractivity contribution in [2.45, 2.75) is 19.9 Å². The molecule has 1 heterocycles. The second kappa shape index (κ2) is 10.3. The third kappa shape index (κ3) is 6.21. The number of ether oxygens (including phenoxy) is 2. The van der Waals surface area contributed by atoms with Crippen LogP contribution < -0.4 is 15.4 Å². The Balaban J connectivity index is 2.05. The summed E-state index contributed by atoms with van der Waals surface area (Å²) in [6.45, 7) is 9.53. The highest BCUT2D eigenvalue weighted by molar-refractivity contribution is 5.79. The van der Waals surface area contributed by atoms with E-state index in [-0.39, 0.29) is 6.04 Å². The predicted molar refractivity (Wildman–Crippen MR) is 102 cm³/mol. The highest BCUT2D eigenvalue weighted by Gasteiger charge is 2.23. The van der Waals surface area contributed by atoms with Gasteiger partial charge in [0.25, 0.3) is 0 Å². The van der Waals surface area contributed by atoms with Crippen molar-refractivity contribution in [1.29, 1.82) is 0 Å². The van der Waals surface area contributed by atoms with E-state index in [1.165, 1.54) is 5.56 Å². The lowest BCUT2D eigenvalue weighted by Crippen LogP contribution is -2.46. The van der Waals surface area contributed by atoms with Gasteiger partial charge in [0.15, 0.2) is 5.96 Å². The van der Waals surface area contributed by atoms with Gasteiger partial charge in [-0.25, -0.2) is 0 Å². The first-order chi connectivity index (χ1) is 12.1. The van der Waals surface area contributed by atoms with Crippen LogP contribution in [0.4, 0.5) is 0 Å². The summed E-state index contributed by atoms with van der Waals surface area (Å²) in [4.78, 5) is 6.80. The van der Waals surface area contributed by atoms with Gasteiger partial charge in [0, 0.05) is 33.2 Å². The minimum absolute atomic E-state index is 0.271. The molecule has 2 rings (SSSR count). The van der Waals surface area contributed by atoms with E-state index in [1.807, 2.05) is 19.2 Å². The molecule has 0 aromatic heterocycles. The van der Waals surface area contributed by atoms with Gasteiger partial charge in [-0.3, -0.25) is 9.89 Å². The maximum absolute atomic E-state index is 5.52. The Bertz CT molecular complexity index is 525. The molecule has 1 saturated heterocycles. The van der Waals surface area contributed by atoms with Crippen LogP contribution in [0.15, 0.2) is 29.3 Å². The van der Waals surface area contributed by atoms with Crippen LogP contribution in [0.2, 0.25) is 0 Å². The monoisotopic (exact) mass is 348 g/mol. The number of nitrogens with one attached hydrogen (secondary N) is 2. The molecular weight excluding hydrogens is 316 g/mol. The van der Waals surface area contributed by atoms with E-state index in [9.17, 15) is 0 Å². The Hall–Kier alpha value is -1.79. The second-order valence-electron chi connectivity index (χ2n) is 6.67. The van der Waals surface area contributed by atoms with Crippen molar-refractivity contribution >= 4 is 5.96 Å². The molecule has 1 aliphatic heterocycles. The Morgan fingerprint density at radius 3 is 2.36 bits per heavy atom. The highest BCUT2D eigenvalue weighted by Crippen LogP contribution is 2.23. The Kier molecular flexibility index (Phi) is 8.01. The average molecular weight is 348 g/mol. The van der Waals surface area contributed by atoms with E-state index >= 15 is 0 Å². The minimum atomic E-state index is 0.271. The molecule has 25 heavy (non-hydrogen) atoms. The largest absolute Gasteiger partial charge is 0.497 e. The Morgan fingerprint density at radius 2 is 1.80 bits per heavy atom. The predicted octanol–water partition coefficient (Wildman–Crippen LogP) is 1.89. The number of aliphatic imine (C=N–C) groups is 1.